The Labute approximate surface area is 111 Å². The number of nitrogens with zero attached hydrogens (tertiary/aromatic N) is 2. The minimum Gasteiger partial charge on any atom is -0.375 e. The third-order valence-corrected chi connectivity index (χ3v) is 3.21. The molecule has 1 aromatic rings. The van der Waals surface area contributed by atoms with Gasteiger partial charge < -0.3 is 15.0 Å². The molecule has 0 unspecified atom stereocenters. The quantitative estimate of drug-likeness (QED) is 0.788. The Kier molecular flexibility index (Phi) is 4.51. The maximum absolute atomic E-state index is 11.8. The van der Waals surface area contributed by atoms with Crippen LogP contribution in [0.5, 0.6) is 0 Å². The summed E-state index contributed by atoms with van der Waals surface area (Å²) in [6, 6.07) is 0.106. The van der Waals surface area contributed by atoms with Crippen LogP contribution in [-0.2, 0) is 9.53 Å². The normalized spacial score (nSPS) is 16.4. The first kappa shape index (κ1) is 13.5. The lowest BCUT2D eigenvalue weighted by molar-refractivity contribution is -0.136. The molecule has 19 heavy (non-hydrogen) atoms. The van der Waals surface area contributed by atoms with Crippen LogP contribution in [0.1, 0.15) is 23.2 Å². The van der Waals surface area contributed by atoms with Crippen molar-refractivity contribution in [3.8, 4) is 0 Å². The molecule has 0 saturated carbocycles. The van der Waals surface area contributed by atoms with Crippen LogP contribution in [-0.4, -0.2) is 59.8 Å². The van der Waals surface area contributed by atoms with Crippen molar-refractivity contribution in [3.05, 3.63) is 18.0 Å². The van der Waals surface area contributed by atoms with E-state index in [0.717, 1.165) is 12.8 Å². The van der Waals surface area contributed by atoms with Gasteiger partial charge in [0.05, 0.1) is 11.8 Å². The monoisotopic (exact) mass is 266 g/mol. The van der Waals surface area contributed by atoms with Crippen molar-refractivity contribution in [2.75, 3.05) is 26.8 Å². The van der Waals surface area contributed by atoms with E-state index in [2.05, 4.69) is 15.5 Å². The van der Waals surface area contributed by atoms with Gasteiger partial charge in [0.2, 0.25) is 5.91 Å². The number of amides is 2. The summed E-state index contributed by atoms with van der Waals surface area (Å²) >= 11 is 0. The van der Waals surface area contributed by atoms with Crippen molar-refractivity contribution in [3.63, 3.8) is 0 Å². The van der Waals surface area contributed by atoms with Crippen molar-refractivity contribution < 1.29 is 14.3 Å². The van der Waals surface area contributed by atoms with Gasteiger partial charge in [-0.25, -0.2) is 0 Å². The van der Waals surface area contributed by atoms with E-state index in [9.17, 15) is 9.59 Å². The molecule has 1 aliphatic heterocycles. The van der Waals surface area contributed by atoms with Crippen LogP contribution < -0.4 is 5.32 Å². The average molecular weight is 266 g/mol. The third kappa shape index (κ3) is 3.54. The number of nitrogens with one attached hydrogen (secondary N) is 2. The second-order valence-corrected chi connectivity index (χ2v) is 4.55. The van der Waals surface area contributed by atoms with Crippen LogP contribution in [0.4, 0.5) is 0 Å². The van der Waals surface area contributed by atoms with Crippen LogP contribution in [0.2, 0.25) is 0 Å². The molecule has 0 aliphatic carbocycles. The Morgan fingerprint density at radius 2 is 2.26 bits per heavy atom. The number of aromatic amines is 1. The number of hydrogen-bond acceptors (Lipinski definition) is 4. The number of likely N-dealkylation sites (tertiary alicyclic amines) is 1. The number of carbonyl (C=O) groups is 2. The number of rotatable bonds is 4. The number of aromatic nitrogens is 2. The fourth-order valence-electron chi connectivity index (χ4n) is 2.13. The van der Waals surface area contributed by atoms with Gasteiger partial charge in [-0.2, -0.15) is 5.10 Å². The minimum atomic E-state index is -0.129. The number of ether oxygens (including phenoxy) is 1. The first-order chi connectivity index (χ1) is 9.20. The zero-order valence-corrected chi connectivity index (χ0v) is 10.9. The second kappa shape index (κ2) is 6.33. The molecular weight excluding hydrogens is 248 g/mol. The van der Waals surface area contributed by atoms with Gasteiger partial charge in [-0.15, -0.1) is 0 Å². The molecule has 1 saturated heterocycles. The molecule has 2 amide bonds. The fraction of sp³-hybridized carbons (Fsp3) is 0.583. The van der Waals surface area contributed by atoms with E-state index in [1.165, 1.54) is 13.3 Å². The molecule has 0 radical (unpaired) electrons. The van der Waals surface area contributed by atoms with Crippen molar-refractivity contribution in [1.29, 1.82) is 0 Å². The molecule has 2 rings (SSSR count). The van der Waals surface area contributed by atoms with Gasteiger partial charge in [0, 0.05) is 32.4 Å². The number of H-pyrrole nitrogens is 1. The molecule has 1 aliphatic rings. The van der Waals surface area contributed by atoms with Crippen LogP contribution in [0.15, 0.2) is 12.4 Å². The highest BCUT2D eigenvalue weighted by Gasteiger charge is 2.24. The van der Waals surface area contributed by atoms with Gasteiger partial charge in [-0.3, -0.25) is 14.7 Å². The van der Waals surface area contributed by atoms with Crippen molar-refractivity contribution in [1.82, 2.24) is 20.4 Å². The summed E-state index contributed by atoms with van der Waals surface area (Å²) in [5, 5.41) is 9.29. The van der Waals surface area contributed by atoms with E-state index in [1.54, 1.807) is 11.1 Å². The summed E-state index contributed by atoms with van der Waals surface area (Å²) in [4.78, 5) is 25.2. The molecule has 2 heterocycles. The lowest BCUT2D eigenvalue weighted by atomic mass is 10.0. The standard InChI is InChI=1S/C12H18N4O3/c1-19-8-11(17)16-4-2-10(3-5-16)15-12(18)9-6-13-14-7-9/h6-7,10H,2-5,8H2,1H3,(H,13,14)(H,15,18). The van der Waals surface area contributed by atoms with E-state index >= 15 is 0 Å². The summed E-state index contributed by atoms with van der Waals surface area (Å²) in [6.07, 6.45) is 4.58. The highest BCUT2D eigenvalue weighted by atomic mass is 16.5. The fourth-order valence-corrected chi connectivity index (χ4v) is 2.13. The summed E-state index contributed by atoms with van der Waals surface area (Å²) in [7, 11) is 1.51. The van der Waals surface area contributed by atoms with Gasteiger partial charge in [-0.05, 0) is 12.8 Å². The Morgan fingerprint density at radius 3 is 2.84 bits per heavy atom. The minimum absolute atomic E-state index is 0.00195. The topological polar surface area (TPSA) is 87.3 Å². The number of hydrogen-bond donors (Lipinski definition) is 2. The van der Waals surface area contributed by atoms with Crippen molar-refractivity contribution in [2.45, 2.75) is 18.9 Å². The Morgan fingerprint density at radius 1 is 1.53 bits per heavy atom. The Balaban J connectivity index is 1.77. The Bertz CT molecular complexity index is 424. The molecule has 0 aromatic carbocycles. The third-order valence-electron chi connectivity index (χ3n) is 3.21. The highest BCUT2D eigenvalue weighted by Crippen LogP contribution is 2.11. The molecule has 0 atom stereocenters. The number of methoxy groups -OCH3 is 1. The summed E-state index contributed by atoms with van der Waals surface area (Å²) in [5.74, 6) is -0.127. The SMILES string of the molecule is COCC(=O)N1CCC(NC(=O)c2cn[nH]c2)CC1. The zero-order chi connectivity index (χ0) is 13.7. The smallest absolute Gasteiger partial charge is 0.254 e. The first-order valence-electron chi connectivity index (χ1n) is 6.27. The predicted octanol–water partition coefficient (Wildman–Crippen LogP) is -0.223. The van der Waals surface area contributed by atoms with E-state index in [4.69, 9.17) is 4.74 Å². The molecular formula is C12H18N4O3. The average Bonchev–Trinajstić information content (AvgIpc) is 2.94. The lowest BCUT2D eigenvalue weighted by Crippen LogP contribution is -2.47. The maximum atomic E-state index is 11.8. The van der Waals surface area contributed by atoms with Crippen molar-refractivity contribution >= 4 is 11.8 Å². The maximum Gasteiger partial charge on any atom is 0.254 e. The van der Waals surface area contributed by atoms with Gasteiger partial charge in [-0.1, -0.05) is 0 Å². The summed E-state index contributed by atoms with van der Waals surface area (Å²) < 4.78 is 4.83. The van der Waals surface area contributed by atoms with Crippen LogP contribution in [0, 0.1) is 0 Å². The van der Waals surface area contributed by atoms with Gasteiger partial charge in [0.1, 0.15) is 6.61 Å². The highest BCUT2D eigenvalue weighted by molar-refractivity contribution is 5.93. The van der Waals surface area contributed by atoms with Gasteiger partial charge >= 0.3 is 0 Å². The predicted molar refractivity (Wildman–Crippen MR) is 67.5 cm³/mol. The molecule has 0 spiro atoms. The van der Waals surface area contributed by atoms with Crippen LogP contribution in [0.25, 0.3) is 0 Å². The summed E-state index contributed by atoms with van der Waals surface area (Å²) in [6.45, 7) is 1.42. The Hall–Kier alpha value is -1.89. The second-order valence-electron chi connectivity index (χ2n) is 4.55. The van der Waals surface area contributed by atoms with Crippen LogP contribution in [0.3, 0.4) is 0 Å². The molecule has 104 valence electrons. The number of piperidine rings is 1. The molecule has 0 bridgehead atoms. The molecule has 1 aromatic heterocycles. The van der Waals surface area contributed by atoms with Gasteiger partial charge in [0.15, 0.2) is 0 Å². The number of carbonyl (C=O) groups excluding carboxylic acids is 2. The van der Waals surface area contributed by atoms with Crippen molar-refractivity contribution in [2.24, 2.45) is 0 Å². The van der Waals surface area contributed by atoms with Crippen LogP contribution >= 0.6 is 0 Å². The first-order valence-corrected chi connectivity index (χ1v) is 6.27. The lowest BCUT2D eigenvalue weighted by Gasteiger charge is -2.32. The molecule has 7 heteroatoms. The molecule has 2 N–H and O–H groups in total. The molecule has 1 fully saturated rings. The zero-order valence-electron chi connectivity index (χ0n) is 10.9. The summed E-state index contributed by atoms with van der Waals surface area (Å²) in [5.41, 5.74) is 0.526. The van der Waals surface area contributed by atoms with E-state index in [-0.39, 0.29) is 24.5 Å². The van der Waals surface area contributed by atoms with E-state index in [1.807, 2.05) is 0 Å². The van der Waals surface area contributed by atoms with E-state index in [0.29, 0.717) is 18.7 Å². The largest absolute Gasteiger partial charge is 0.375 e. The van der Waals surface area contributed by atoms with E-state index < -0.39 is 0 Å². The molecule has 7 nitrogen and oxygen atoms in total. The van der Waals surface area contributed by atoms with Gasteiger partial charge in [0.25, 0.3) is 5.91 Å².